The second-order valence-corrected chi connectivity index (χ2v) is 5.90. The summed E-state index contributed by atoms with van der Waals surface area (Å²) in [7, 11) is -3.26. The summed E-state index contributed by atoms with van der Waals surface area (Å²) in [6, 6.07) is 0. The SMILES string of the molecule is CC(C)S(=O)(=O)NOC1CCCC1. The molecule has 1 aliphatic rings. The predicted octanol–water partition coefficient (Wildman–Crippen LogP) is 1.19. The molecule has 0 heterocycles. The third-order valence-electron chi connectivity index (χ3n) is 2.25. The van der Waals surface area contributed by atoms with Gasteiger partial charge in [0.2, 0.25) is 10.0 Å². The van der Waals surface area contributed by atoms with Gasteiger partial charge in [0.25, 0.3) is 0 Å². The fourth-order valence-electron chi connectivity index (χ4n) is 1.24. The summed E-state index contributed by atoms with van der Waals surface area (Å²) in [6.45, 7) is 3.25. The van der Waals surface area contributed by atoms with E-state index in [0.717, 1.165) is 25.7 Å². The smallest absolute Gasteiger partial charge is 0.235 e. The summed E-state index contributed by atoms with van der Waals surface area (Å²) >= 11 is 0. The average molecular weight is 207 g/mol. The molecule has 4 nitrogen and oxygen atoms in total. The fourth-order valence-corrected chi connectivity index (χ4v) is 1.70. The molecule has 0 aromatic carbocycles. The van der Waals surface area contributed by atoms with E-state index >= 15 is 0 Å². The highest BCUT2D eigenvalue weighted by Crippen LogP contribution is 2.20. The van der Waals surface area contributed by atoms with Crippen LogP contribution in [-0.2, 0) is 14.9 Å². The monoisotopic (exact) mass is 207 g/mol. The lowest BCUT2D eigenvalue weighted by Crippen LogP contribution is -2.33. The molecule has 0 aromatic heterocycles. The highest BCUT2D eigenvalue weighted by molar-refractivity contribution is 7.89. The summed E-state index contributed by atoms with van der Waals surface area (Å²) in [5.74, 6) is 0. The molecule has 0 aromatic rings. The summed E-state index contributed by atoms with van der Waals surface area (Å²) < 4.78 is 22.5. The Morgan fingerprint density at radius 3 is 2.31 bits per heavy atom. The van der Waals surface area contributed by atoms with Crippen LogP contribution in [0, 0.1) is 0 Å². The number of nitrogens with one attached hydrogen (secondary N) is 1. The zero-order valence-corrected chi connectivity index (χ0v) is 8.93. The molecular weight excluding hydrogens is 190 g/mol. The third kappa shape index (κ3) is 3.25. The molecule has 0 unspecified atom stereocenters. The van der Waals surface area contributed by atoms with Crippen molar-refractivity contribution < 1.29 is 13.3 Å². The number of hydrogen-bond acceptors (Lipinski definition) is 3. The van der Waals surface area contributed by atoms with Gasteiger partial charge in [0.15, 0.2) is 0 Å². The Morgan fingerprint density at radius 1 is 1.31 bits per heavy atom. The Labute approximate surface area is 79.7 Å². The Bertz CT molecular complexity index is 242. The maximum Gasteiger partial charge on any atom is 0.235 e. The number of sulfonamides is 1. The second-order valence-electron chi connectivity index (χ2n) is 3.70. The molecule has 0 radical (unpaired) electrons. The molecule has 78 valence electrons. The van der Waals surface area contributed by atoms with Crippen LogP contribution in [0.25, 0.3) is 0 Å². The van der Waals surface area contributed by atoms with E-state index in [-0.39, 0.29) is 6.10 Å². The Balaban J connectivity index is 2.33. The lowest BCUT2D eigenvalue weighted by molar-refractivity contribution is 0.0220. The van der Waals surface area contributed by atoms with Crippen molar-refractivity contribution in [2.75, 3.05) is 0 Å². The van der Waals surface area contributed by atoms with Gasteiger partial charge in [0.1, 0.15) is 0 Å². The molecule has 0 bridgehead atoms. The van der Waals surface area contributed by atoms with Crippen LogP contribution in [0.2, 0.25) is 0 Å². The predicted molar refractivity (Wildman–Crippen MR) is 50.5 cm³/mol. The first-order chi connectivity index (χ1) is 6.02. The van der Waals surface area contributed by atoms with Gasteiger partial charge in [-0.05, 0) is 26.7 Å². The Hall–Kier alpha value is -0.130. The van der Waals surface area contributed by atoms with Crippen molar-refractivity contribution in [1.82, 2.24) is 4.89 Å². The number of rotatable bonds is 4. The topological polar surface area (TPSA) is 55.4 Å². The van der Waals surface area contributed by atoms with E-state index in [1.54, 1.807) is 13.8 Å². The first-order valence-electron chi connectivity index (χ1n) is 4.68. The van der Waals surface area contributed by atoms with Gasteiger partial charge in [-0.2, -0.15) is 0 Å². The summed E-state index contributed by atoms with van der Waals surface area (Å²) in [6.07, 6.45) is 4.26. The first kappa shape index (κ1) is 10.9. The van der Waals surface area contributed by atoms with Crippen molar-refractivity contribution in [2.24, 2.45) is 0 Å². The van der Waals surface area contributed by atoms with Crippen LogP contribution in [0.3, 0.4) is 0 Å². The van der Waals surface area contributed by atoms with Gasteiger partial charge in [-0.3, -0.25) is 4.84 Å². The van der Waals surface area contributed by atoms with Crippen molar-refractivity contribution >= 4 is 10.0 Å². The maximum atomic E-state index is 11.3. The minimum atomic E-state index is -3.26. The van der Waals surface area contributed by atoms with Crippen LogP contribution in [0.5, 0.6) is 0 Å². The highest BCUT2D eigenvalue weighted by Gasteiger charge is 2.21. The van der Waals surface area contributed by atoms with Crippen LogP contribution in [0.1, 0.15) is 39.5 Å². The van der Waals surface area contributed by atoms with Gasteiger partial charge in [-0.25, -0.2) is 8.42 Å². The van der Waals surface area contributed by atoms with Gasteiger partial charge in [0.05, 0.1) is 11.4 Å². The molecule has 1 N–H and O–H groups in total. The molecule has 1 saturated carbocycles. The van der Waals surface area contributed by atoms with Gasteiger partial charge in [-0.1, -0.05) is 17.7 Å². The van der Waals surface area contributed by atoms with E-state index in [1.807, 2.05) is 0 Å². The van der Waals surface area contributed by atoms with Gasteiger partial charge in [0, 0.05) is 0 Å². The molecule has 1 fully saturated rings. The van der Waals surface area contributed by atoms with Crippen LogP contribution >= 0.6 is 0 Å². The van der Waals surface area contributed by atoms with Gasteiger partial charge >= 0.3 is 0 Å². The fraction of sp³-hybridized carbons (Fsp3) is 1.00. The maximum absolute atomic E-state index is 11.3. The van der Waals surface area contributed by atoms with Crippen molar-refractivity contribution in [3.05, 3.63) is 0 Å². The molecule has 0 saturated heterocycles. The number of hydrogen-bond donors (Lipinski definition) is 1. The molecular formula is C8H17NO3S. The Morgan fingerprint density at radius 2 is 1.85 bits per heavy atom. The lowest BCUT2D eigenvalue weighted by atomic mass is 10.3. The van der Waals surface area contributed by atoms with Gasteiger partial charge in [-0.15, -0.1) is 0 Å². The van der Waals surface area contributed by atoms with E-state index in [1.165, 1.54) is 0 Å². The minimum absolute atomic E-state index is 0.0773. The molecule has 1 rings (SSSR count). The molecule has 13 heavy (non-hydrogen) atoms. The molecule has 1 aliphatic carbocycles. The summed E-state index contributed by atoms with van der Waals surface area (Å²) in [5.41, 5.74) is 0. The first-order valence-corrected chi connectivity index (χ1v) is 6.23. The second kappa shape index (κ2) is 4.39. The highest BCUT2D eigenvalue weighted by atomic mass is 32.2. The molecule has 0 spiro atoms. The van der Waals surface area contributed by atoms with E-state index in [2.05, 4.69) is 4.89 Å². The van der Waals surface area contributed by atoms with Crippen molar-refractivity contribution in [3.63, 3.8) is 0 Å². The van der Waals surface area contributed by atoms with Crippen molar-refractivity contribution in [1.29, 1.82) is 0 Å². The summed E-state index contributed by atoms with van der Waals surface area (Å²) in [5, 5.41) is -0.436. The zero-order valence-electron chi connectivity index (χ0n) is 8.12. The van der Waals surface area contributed by atoms with Crippen LogP contribution < -0.4 is 4.89 Å². The lowest BCUT2D eigenvalue weighted by Gasteiger charge is -2.13. The van der Waals surface area contributed by atoms with Crippen LogP contribution in [-0.4, -0.2) is 19.8 Å². The van der Waals surface area contributed by atoms with Crippen LogP contribution in [0.15, 0.2) is 0 Å². The van der Waals surface area contributed by atoms with Crippen LogP contribution in [0.4, 0.5) is 0 Å². The molecule has 5 heteroatoms. The van der Waals surface area contributed by atoms with E-state index in [9.17, 15) is 8.42 Å². The Kier molecular flexibility index (Phi) is 3.70. The van der Waals surface area contributed by atoms with Crippen molar-refractivity contribution in [2.45, 2.75) is 50.9 Å². The largest absolute Gasteiger partial charge is 0.284 e. The average Bonchev–Trinajstić information content (AvgIpc) is 2.52. The van der Waals surface area contributed by atoms with E-state index in [0.29, 0.717) is 0 Å². The normalized spacial score (nSPS) is 19.9. The van der Waals surface area contributed by atoms with Gasteiger partial charge < -0.3 is 0 Å². The zero-order chi connectivity index (χ0) is 9.90. The van der Waals surface area contributed by atoms with E-state index < -0.39 is 15.3 Å². The van der Waals surface area contributed by atoms with E-state index in [4.69, 9.17) is 4.84 Å². The molecule has 0 amide bonds. The third-order valence-corrected chi connectivity index (χ3v) is 3.82. The molecule has 0 aliphatic heterocycles. The quantitative estimate of drug-likeness (QED) is 0.704. The molecule has 0 atom stereocenters. The summed E-state index contributed by atoms with van der Waals surface area (Å²) in [4.78, 5) is 7.26. The minimum Gasteiger partial charge on any atom is -0.284 e. The standard InChI is InChI=1S/C8H17NO3S/c1-7(2)13(10,11)9-12-8-5-3-4-6-8/h7-9H,3-6H2,1-2H3. The van der Waals surface area contributed by atoms with Crippen molar-refractivity contribution in [3.8, 4) is 0 Å².